The number of thioether (sulfide) groups is 1. The van der Waals surface area contributed by atoms with Crippen LogP contribution in [0, 0.1) is 0 Å². The van der Waals surface area contributed by atoms with E-state index < -0.39 is 0 Å². The minimum Gasteiger partial charge on any atom is -0.123 e. The molecule has 76 valence electrons. The molecule has 0 aromatic rings. The van der Waals surface area contributed by atoms with Crippen molar-refractivity contribution in [2.75, 3.05) is 0 Å². The molecule has 0 aliphatic heterocycles. The number of hydrogen-bond donors (Lipinski definition) is 0. The van der Waals surface area contributed by atoms with Gasteiger partial charge in [-0.2, -0.15) is 0 Å². The highest BCUT2D eigenvalue weighted by atomic mass is 32.2. The Morgan fingerprint density at radius 1 is 1.21 bits per heavy atom. The Labute approximate surface area is 91.5 Å². The first kappa shape index (κ1) is 11.4. The summed E-state index contributed by atoms with van der Waals surface area (Å²) in [5, 5.41) is 0.627. The van der Waals surface area contributed by atoms with E-state index in [1.807, 2.05) is 11.8 Å². The van der Waals surface area contributed by atoms with Gasteiger partial charge in [0.25, 0.3) is 0 Å². The van der Waals surface area contributed by atoms with Crippen LogP contribution in [0.25, 0.3) is 0 Å². The average molecular weight is 206 g/mol. The van der Waals surface area contributed by atoms with Gasteiger partial charge in [0.2, 0.25) is 0 Å². The summed E-state index contributed by atoms with van der Waals surface area (Å²) in [5.74, 6) is 0. The van der Waals surface area contributed by atoms with Gasteiger partial charge in [0, 0.05) is 5.25 Å². The first-order chi connectivity index (χ1) is 6.68. The molecule has 0 heterocycles. The number of hydrogen-bond acceptors (Lipinski definition) is 1. The van der Waals surface area contributed by atoms with E-state index in [0.717, 1.165) is 6.42 Å². The van der Waals surface area contributed by atoms with E-state index in [2.05, 4.69) is 57.2 Å². The molecule has 1 aliphatic carbocycles. The van der Waals surface area contributed by atoms with Gasteiger partial charge in [0.05, 0.1) is 0 Å². The van der Waals surface area contributed by atoms with Gasteiger partial charge >= 0.3 is 0 Å². The maximum absolute atomic E-state index is 2.27. The Morgan fingerprint density at radius 3 is 2.57 bits per heavy atom. The van der Waals surface area contributed by atoms with Crippen LogP contribution in [-0.4, -0.2) is 5.25 Å². The lowest BCUT2D eigenvalue weighted by Gasteiger charge is -2.12. The predicted molar refractivity (Wildman–Crippen MR) is 67.5 cm³/mol. The maximum atomic E-state index is 2.27. The Morgan fingerprint density at radius 2 is 2.00 bits per heavy atom. The molecule has 0 aromatic heterocycles. The largest absolute Gasteiger partial charge is 0.123 e. The van der Waals surface area contributed by atoms with Crippen molar-refractivity contribution in [1.82, 2.24) is 0 Å². The molecule has 0 nitrogen and oxygen atoms in total. The minimum absolute atomic E-state index is 0.627. The average Bonchev–Trinajstić information content (AvgIpc) is 2.16. The Kier molecular flexibility index (Phi) is 4.81. The molecule has 1 aliphatic rings. The quantitative estimate of drug-likeness (QED) is 0.614. The summed E-state index contributed by atoms with van der Waals surface area (Å²) >= 11 is 1.94. The fraction of sp³-hybridized carbons (Fsp3) is 0.385. The lowest BCUT2D eigenvalue weighted by atomic mass is 10.2. The third kappa shape index (κ3) is 4.52. The molecule has 0 amide bonds. The zero-order valence-electron chi connectivity index (χ0n) is 9.16. The van der Waals surface area contributed by atoms with Gasteiger partial charge in [-0.3, -0.25) is 0 Å². The number of rotatable bonds is 3. The standard InChI is InChI=1S/C13H18S/c1-11(2)9-10-12(3)14-13-7-5-4-6-8-13/h4-7,9-10,13H,8H2,1-3H3/b12-10+. The molecule has 1 unspecified atom stereocenters. The fourth-order valence-electron chi connectivity index (χ4n) is 1.21. The molecule has 0 aromatic carbocycles. The van der Waals surface area contributed by atoms with Crippen LogP contribution < -0.4 is 0 Å². The van der Waals surface area contributed by atoms with Gasteiger partial charge in [0.1, 0.15) is 0 Å². The molecule has 0 saturated heterocycles. The number of allylic oxidation sites excluding steroid dienone is 7. The Hall–Kier alpha value is -0.690. The van der Waals surface area contributed by atoms with Gasteiger partial charge in [-0.25, -0.2) is 0 Å². The van der Waals surface area contributed by atoms with E-state index in [1.165, 1.54) is 10.5 Å². The summed E-state index contributed by atoms with van der Waals surface area (Å²) in [4.78, 5) is 1.39. The summed E-state index contributed by atoms with van der Waals surface area (Å²) in [6, 6.07) is 0. The molecule has 0 N–H and O–H groups in total. The van der Waals surface area contributed by atoms with E-state index in [9.17, 15) is 0 Å². The molecular weight excluding hydrogens is 188 g/mol. The summed E-state index contributed by atoms with van der Waals surface area (Å²) in [6.45, 7) is 6.42. The summed E-state index contributed by atoms with van der Waals surface area (Å²) in [5.41, 5.74) is 1.35. The lowest BCUT2D eigenvalue weighted by molar-refractivity contribution is 1.06. The normalized spacial score (nSPS) is 21.1. The summed E-state index contributed by atoms with van der Waals surface area (Å²) in [6.07, 6.45) is 14.3. The second kappa shape index (κ2) is 5.92. The van der Waals surface area contributed by atoms with Crippen LogP contribution >= 0.6 is 11.8 Å². The van der Waals surface area contributed by atoms with Crippen LogP contribution in [0.5, 0.6) is 0 Å². The SMILES string of the molecule is CC(C)=C/C=C(\C)SC1C=CC=CC1. The van der Waals surface area contributed by atoms with E-state index in [4.69, 9.17) is 0 Å². The van der Waals surface area contributed by atoms with Crippen molar-refractivity contribution in [3.05, 3.63) is 46.9 Å². The van der Waals surface area contributed by atoms with Gasteiger partial charge in [0.15, 0.2) is 0 Å². The monoisotopic (exact) mass is 206 g/mol. The highest BCUT2D eigenvalue weighted by molar-refractivity contribution is 8.03. The molecular formula is C13H18S. The van der Waals surface area contributed by atoms with E-state index >= 15 is 0 Å². The molecule has 0 fully saturated rings. The highest BCUT2D eigenvalue weighted by Crippen LogP contribution is 2.26. The van der Waals surface area contributed by atoms with Gasteiger partial charge in [-0.1, -0.05) is 42.0 Å². The highest BCUT2D eigenvalue weighted by Gasteiger charge is 2.05. The van der Waals surface area contributed by atoms with Crippen molar-refractivity contribution in [2.24, 2.45) is 0 Å². The van der Waals surface area contributed by atoms with Crippen molar-refractivity contribution in [3.63, 3.8) is 0 Å². The van der Waals surface area contributed by atoms with Gasteiger partial charge in [-0.05, 0) is 32.1 Å². The predicted octanol–water partition coefficient (Wildman–Crippen LogP) is 4.47. The molecule has 0 radical (unpaired) electrons. The van der Waals surface area contributed by atoms with Crippen molar-refractivity contribution < 1.29 is 0 Å². The molecule has 0 spiro atoms. The summed E-state index contributed by atoms with van der Waals surface area (Å²) in [7, 11) is 0. The smallest absolute Gasteiger partial charge is 0.0308 e. The summed E-state index contributed by atoms with van der Waals surface area (Å²) < 4.78 is 0. The van der Waals surface area contributed by atoms with Crippen molar-refractivity contribution in [1.29, 1.82) is 0 Å². The molecule has 1 rings (SSSR count). The van der Waals surface area contributed by atoms with E-state index in [-0.39, 0.29) is 0 Å². The zero-order valence-corrected chi connectivity index (χ0v) is 9.97. The molecule has 1 heteroatoms. The second-order valence-corrected chi connectivity index (χ2v) is 5.21. The first-order valence-electron chi connectivity index (χ1n) is 5.00. The lowest BCUT2D eigenvalue weighted by Crippen LogP contribution is -1.98. The molecule has 1 atom stereocenters. The second-order valence-electron chi connectivity index (χ2n) is 3.73. The first-order valence-corrected chi connectivity index (χ1v) is 5.88. The van der Waals surface area contributed by atoms with Crippen LogP contribution in [0.1, 0.15) is 27.2 Å². The fourth-order valence-corrected chi connectivity index (χ4v) is 2.21. The maximum Gasteiger partial charge on any atom is 0.0308 e. The van der Waals surface area contributed by atoms with Crippen LogP contribution in [0.4, 0.5) is 0 Å². The van der Waals surface area contributed by atoms with Crippen molar-refractivity contribution in [2.45, 2.75) is 32.4 Å². The van der Waals surface area contributed by atoms with Gasteiger partial charge < -0.3 is 0 Å². The Balaban J connectivity index is 2.44. The van der Waals surface area contributed by atoms with Crippen molar-refractivity contribution >= 4 is 11.8 Å². The molecule has 14 heavy (non-hydrogen) atoms. The zero-order chi connectivity index (χ0) is 10.4. The minimum atomic E-state index is 0.627. The van der Waals surface area contributed by atoms with Gasteiger partial charge in [-0.15, -0.1) is 11.8 Å². The van der Waals surface area contributed by atoms with Crippen LogP contribution in [0.2, 0.25) is 0 Å². The Bertz CT molecular complexity index is 288. The topological polar surface area (TPSA) is 0 Å². The van der Waals surface area contributed by atoms with Crippen LogP contribution in [0.15, 0.2) is 46.9 Å². The molecule has 0 saturated carbocycles. The third-order valence-corrected chi connectivity index (χ3v) is 3.09. The molecule has 0 bridgehead atoms. The third-order valence-electron chi connectivity index (χ3n) is 1.93. The van der Waals surface area contributed by atoms with E-state index in [0.29, 0.717) is 5.25 Å². The van der Waals surface area contributed by atoms with Crippen LogP contribution in [-0.2, 0) is 0 Å². The van der Waals surface area contributed by atoms with E-state index in [1.54, 1.807) is 0 Å². The van der Waals surface area contributed by atoms with Crippen LogP contribution in [0.3, 0.4) is 0 Å². The van der Waals surface area contributed by atoms with Crippen molar-refractivity contribution in [3.8, 4) is 0 Å².